The Bertz CT molecular complexity index is 542. The highest BCUT2D eigenvalue weighted by atomic mass is 35.5. The Morgan fingerprint density at radius 1 is 1.18 bits per heavy atom. The van der Waals surface area contributed by atoms with Crippen molar-refractivity contribution in [2.75, 3.05) is 12.8 Å². The molecule has 0 atom stereocenters. The van der Waals surface area contributed by atoms with Crippen molar-refractivity contribution in [2.45, 2.75) is 0 Å². The Balaban J connectivity index is 2.62. The maximum atomic E-state index is 5.91. The number of aromatic nitrogens is 3. The number of ether oxygens (including phenoxy) is 1. The molecule has 17 heavy (non-hydrogen) atoms. The number of nitrogens with two attached hydrogens (primary N) is 1. The minimum absolute atomic E-state index is 0.0227. The Labute approximate surface area is 108 Å². The fraction of sp³-hybridized carbons (Fsp3) is 0.100. The molecule has 88 valence electrons. The van der Waals surface area contributed by atoms with Gasteiger partial charge in [-0.25, -0.2) is 0 Å². The van der Waals surface area contributed by atoms with Gasteiger partial charge in [0.15, 0.2) is 5.82 Å². The van der Waals surface area contributed by atoms with Crippen LogP contribution >= 0.6 is 23.2 Å². The molecule has 1 heterocycles. The van der Waals surface area contributed by atoms with Crippen LogP contribution in [-0.2, 0) is 0 Å². The lowest BCUT2D eigenvalue weighted by Crippen LogP contribution is -2.01. The van der Waals surface area contributed by atoms with Crippen LogP contribution in [0.1, 0.15) is 0 Å². The van der Waals surface area contributed by atoms with Crippen LogP contribution in [0.25, 0.3) is 11.4 Å². The summed E-state index contributed by atoms with van der Waals surface area (Å²) in [5.74, 6) is 0.944. The maximum Gasteiger partial charge on any atom is 0.227 e. The van der Waals surface area contributed by atoms with E-state index >= 15 is 0 Å². The zero-order valence-electron chi connectivity index (χ0n) is 8.82. The van der Waals surface area contributed by atoms with Gasteiger partial charge in [-0.05, 0) is 29.8 Å². The van der Waals surface area contributed by atoms with Gasteiger partial charge in [0, 0.05) is 5.02 Å². The topological polar surface area (TPSA) is 73.9 Å². The third kappa shape index (κ3) is 2.57. The third-order valence-corrected chi connectivity index (χ3v) is 2.43. The minimum atomic E-state index is 0.0227. The molecule has 1 aromatic carbocycles. The smallest absolute Gasteiger partial charge is 0.227 e. The number of nitrogen functional groups attached to an aromatic ring is 1. The van der Waals surface area contributed by atoms with Crippen molar-refractivity contribution in [3.8, 4) is 17.1 Å². The van der Waals surface area contributed by atoms with Gasteiger partial charge < -0.3 is 10.5 Å². The van der Waals surface area contributed by atoms with Crippen LogP contribution in [0.5, 0.6) is 5.75 Å². The van der Waals surface area contributed by atoms with Crippen molar-refractivity contribution in [3.63, 3.8) is 0 Å². The molecule has 0 aliphatic rings. The standard InChI is InChI=1S/C10H8Cl2N4O/c1-17-7-3-2-5(11)4-6(7)8-14-9(12)16-10(13)15-8/h2-4H,1H3,(H2,13,14,15,16). The Morgan fingerprint density at radius 3 is 2.59 bits per heavy atom. The number of hydrogen-bond acceptors (Lipinski definition) is 5. The first-order valence-corrected chi connectivity index (χ1v) is 5.36. The van der Waals surface area contributed by atoms with Gasteiger partial charge in [0.05, 0.1) is 12.7 Å². The summed E-state index contributed by atoms with van der Waals surface area (Å²) >= 11 is 11.6. The second-order valence-electron chi connectivity index (χ2n) is 3.13. The average molecular weight is 271 g/mol. The van der Waals surface area contributed by atoms with Crippen LogP contribution in [0, 0.1) is 0 Å². The summed E-state index contributed by atoms with van der Waals surface area (Å²) in [6.45, 7) is 0. The fourth-order valence-electron chi connectivity index (χ4n) is 1.34. The number of hydrogen-bond donors (Lipinski definition) is 1. The predicted octanol–water partition coefficient (Wildman–Crippen LogP) is 2.44. The molecule has 7 heteroatoms. The zero-order valence-corrected chi connectivity index (χ0v) is 10.3. The van der Waals surface area contributed by atoms with E-state index in [2.05, 4.69) is 15.0 Å². The van der Waals surface area contributed by atoms with E-state index < -0.39 is 0 Å². The molecule has 2 aromatic rings. The first-order chi connectivity index (χ1) is 8.10. The number of anilines is 1. The van der Waals surface area contributed by atoms with E-state index in [9.17, 15) is 0 Å². The van der Waals surface area contributed by atoms with Gasteiger partial charge in [-0.15, -0.1) is 0 Å². The summed E-state index contributed by atoms with van der Waals surface area (Å²) in [4.78, 5) is 11.6. The van der Waals surface area contributed by atoms with E-state index in [4.69, 9.17) is 33.7 Å². The highest BCUT2D eigenvalue weighted by Gasteiger charge is 2.11. The molecule has 0 saturated heterocycles. The number of rotatable bonds is 2. The minimum Gasteiger partial charge on any atom is -0.496 e. The Kier molecular flexibility index (Phi) is 3.31. The molecule has 0 aliphatic heterocycles. The Morgan fingerprint density at radius 2 is 1.94 bits per heavy atom. The van der Waals surface area contributed by atoms with Gasteiger partial charge in [-0.3, -0.25) is 0 Å². The molecule has 0 spiro atoms. The van der Waals surface area contributed by atoms with E-state index in [1.54, 1.807) is 25.3 Å². The van der Waals surface area contributed by atoms with Crippen LogP contribution < -0.4 is 10.5 Å². The highest BCUT2D eigenvalue weighted by molar-refractivity contribution is 6.31. The summed E-state index contributed by atoms with van der Waals surface area (Å²) in [7, 11) is 1.54. The van der Waals surface area contributed by atoms with Gasteiger partial charge in [0.2, 0.25) is 11.2 Å². The SMILES string of the molecule is COc1ccc(Cl)cc1-c1nc(N)nc(Cl)n1. The van der Waals surface area contributed by atoms with Crippen molar-refractivity contribution in [1.29, 1.82) is 0 Å². The maximum absolute atomic E-state index is 5.91. The molecule has 2 N–H and O–H groups in total. The molecule has 2 rings (SSSR count). The molecule has 0 aliphatic carbocycles. The molecule has 0 radical (unpaired) electrons. The lowest BCUT2D eigenvalue weighted by Gasteiger charge is -2.07. The molecule has 5 nitrogen and oxygen atoms in total. The molecular formula is C10H8Cl2N4O. The molecular weight excluding hydrogens is 263 g/mol. The predicted molar refractivity (Wildman–Crippen MR) is 66.2 cm³/mol. The van der Waals surface area contributed by atoms with Crippen molar-refractivity contribution >= 4 is 29.2 Å². The molecule has 1 aromatic heterocycles. The lowest BCUT2D eigenvalue weighted by molar-refractivity contribution is 0.416. The van der Waals surface area contributed by atoms with Gasteiger partial charge in [0.1, 0.15) is 5.75 Å². The van der Waals surface area contributed by atoms with Gasteiger partial charge in [-0.1, -0.05) is 11.6 Å². The largest absolute Gasteiger partial charge is 0.496 e. The van der Waals surface area contributed by atoms with E-state index in [1.807, 2.05) is 0 Å². The molecule has 0 unspecified atom stereocenters. The zero-order chi connectivity index (χ0) is 12.4. The van der Waals surface area contributed by atoms with E-state index in [0.717, 1.165) is 0 Å². The Hall–Kier alpha value is -1.59. The van der Waals surface area contributed by atoms with Crippen molar-refractivity contribution in [1.82, 2.24) is 15.0 Å². The van der Waals surface area contributed by atoms with E-state index in [1.165, 1.54) is 0 Å². The monoisotopic (exact) mass is 270 g/mol. The van der Waals surface area contributed by atoms with Crippen molar-refractivity contribution < 1.29 is 4.74 Å². The highest BCUT2D eigenvalue weighted by Crippen LogP contribution is 2.30. The molecule has 0 saturated carbocycles. The third-order valence-electron chi connectivity index (χ3n) is 2.03. The summed E-state index contributed by atoms with van der Waals surface area (Å²) in [6.07, 6.45) is 0. The van der Waals surface area contributed by atoms with Crippen molar-refractivity contribution in [2.24, 2.45) is 0 Å². The van der Waals surface area contributed by atoms with Crippen LogP contribution in [0.15, 0.2) is 18.2 Å². The molecule has 0 bridgehead atoms. The summed E-state index contributed by atoms with van der Waals surface area (Å²) < 4.78 is 5.19. The van der Waals surface area contributed by atoms with Crippen LogP contribution in [0.2, 0.25) is 10.3 Å². The van der Waals surface area contributed by atoms with Crippen LogP contribution in [-0.4, -0.2) is 22.1 Å². The summed E-state index contributed by atoms with van der Waals surface area (Å²) in [5, 5.41) is 0.561. The van der Waals surface area contributed by atoms with E-state index in [-0.39, 0.29) is 11.2 Å². The van der Waals surface area contributed by atoms with Crippen LogP contribution in [0.4, 0.5) is 5.95 Å². The summed E-state index contributed by atoms with van der Waals surface area (Å²) in [5.41, 5.74) is 6.11. The normalized spacial score (nSPS) is 10.3. The van der Waals surface area contributed by atoms with Crippen molar-refractivity contribution in [3.05, 3.63) is 28.5 Å². The lowest BCUT2D eigenvalue weighted by atomic mass is 10.2. The van der Waals surface area contributed by atoms with E-state index in [0.29, 0.717) is 22.2 Å². The number of halogens is 2. The fourth-order valence-corrected chi connectivity index (χ4v) is 1.68. The first kappa shape index (κ1) is 11.9. The van der Waals surface area contributed by atoms with Gasteiger partial charge in [0.25, 0.3) is 0 Å². The number of nitrogens with zero attached hydrogens (tertiary/aromatic N) is 3. The van der Waals surface area contributed by atoms with Gasteiger partial charge >= 0.3 is 0 Å². The first-order valence-electron chi connectivity index (χ1n) is 4.61. The number of methoxy groups -OCH3 is 1. The molecule has 0 fully saturated rings. The summed E-state index contributed by atoms with van der Waals surface area (Å²) in [6, 6.07) is 5.09. The molecule has 0 amide bonds. The van der Waals surface area contributed by atoms with Gasteiger partial charge in [-0.2, -0.15) is 15.0 Å². The second kappa shape index (κ2) is 4.73. The van der Waals surface area contributed by atoms with Crippen LogP contribution in [0.3, 0.4) is 0 Å². The number of benzene rings is 1. The second-order valence-corrected chi connectivity index (χ2v) is 3.91. The average Bonchev–Trinajstić information content (AvgIpc) is 2.27. The quantitative estimate of drug-likeness (QED) is 0.907.